The van der Waals surface area contributed by atoms with E-state index in [9.17, 15) is 22.8 Å². The maximum Gasteiger partial charge on any atom is 0.573 e. The summed E-state index contributed by atoms with van der Waals surface area (Å²) in [5.74, 6) is 0.354. The first-order valence-corrected chi connectivity index (χ1v) is 15.0. The molecule has 1 N–H and O–H groups in total. The molecule has 1 aliphatic heterocycles. The second kappa shape index (κ2) is 13.6. The first-order chi connectivity index (χ1) is 21.5. The molecule has 0 bridgehead atoms. The minimum atomic E-state index is -4.78. The lowest BCUT2D eigenvalue weighted by Gasteiger charge is -2.20. The van der Waals surface area contributed by atoms with Crippen LogP contribution in [-0.2, 0) is 17.8 Å². The van der Waals surface area contributed by atoms with Gasteiger partial charge in [0.1, 0.15) is 24.4 Å². The van der Waals surface area contributed by atoms with Gasteiger partial charge in [0.25, 0.3) is 0 Å². The summed E-state index contributed by atoms with van der Waals surface area (Å²) in [5, 5.41) is 7.39. The van der Waals surface area contributed by atoms with E-state index in [0.717, 1.165) is 29.7 Å². The highest BCUT2D eigenvalue weighted by Gasteiger charge is 2.32. The second-order valence-electron chi connectivity index (χ2n) is 9.80. The Morgan fingerprint density at radius 1 is 1.11 bits per heavy atom. The minimum Gasteiger partial charge on any atom is -0.485 e. The number of rotatable bonds is 9. The normalized spacial score (nSPS) is 14.2. The number of anilines is 2. The molecular weight excluding hydrogens is 633 g/mol. The van der Waals surface area contributed by atoms with Gasteiger partial charge in [-0.2, -0.15) is 4.99 Å². The Hall–Kier alpha value is -4.56. The van der Waals surface area contributed by atoms with Crippen LogP contribution in [-0.4, -0.2) is 44.0 Å². The molecule has 0 unspecified atom stereocenters. The first-order valence-electron chi connectivity index (χ1n) is 13.6. The number of halogens is 4. The molecule has 3 aromatic carbocycles. The van der Waals surface area contributed by atoms with Crippen molar-refractivity contribution in [3.8, 4) is 17.2 Å². The summed E-state index contributed by atoms with van der Waals surface area (Å²) in [7, 11) is 0. The number of nitrogens with zero attached hydrogens (tertiary/aromatic N) is 5. The summed E-state index contributed by atoms with van der Waals surface area (Å²) < 4.78 is 48.1. The van der Waals surface area contributed by atoms with Crippen LogP contribution in [0.2, 0.25) is 5.02 Å². The van der Waals surface area contributed by atoms with E-state index in [1.165, 1.54) is 58.0 Å². The molecule has 0 aliphatic carbocycles. The van der Waals surface area contributed by atoms with Gasteiger partial charge in [-0.3, -0.25) is 9.69 Å². The zero-order valence-corrected chi connectivity index (χ0v) is 25.5. The number of thioether (sulfide) groups is 1. The van der Waals surface area contributed by atoms with E-state index in [4.69, 9.17) is 16.3 Å². The first kappa shape index (κ1) is 31.9. The second-order valence-corrected chi connectivity index (χ2v) is 11.2. The monoisotopic (exact) mass is 658 g/mol. The van der Waals surface area contributed by atoms with Gasteiger partial charge in [0.15, 0.2) is 11.0 Å². The summed E-state index contributed by atoms with van der Waals surface area (Å²) in [5.41, 5.74) is 3.48. The van der Waals surface area contributed by atoms with Gasteiger partial charge in [-0.25, -0.2) is 14.5 Å². The highest BCUT2D eigenvalue weighted by Crippen LogP contribution is 2.32. The van der Waals surface area contributed by atoms with Crippen molar-refractivity contribution in [2.45, 2.75) is 39.7 Å². The average Bonchev–Trinajstić information content (AvgIpc) is 3.60. The van der Waals surface area contributed by atoms with Gasteiger partial charge in [-0.05, 0) is 66.9 Å². The molecule has 0 atom stereocenters. The van der Waals surface area contributed by atoms with Gasteiger partial charge >= 0.3 is 12.4 Å². The number of amides is 3. The molecule has 1 saturated heterocycles. The fourth-order valence-electron chi connectivity index (χ4n) is 4.40. The lowest BCUT2D eigenvalue weighted by molar-refractivity contribution is -0.274. The SMILES string of the molecule is CCCc1ccc(C)cc1N1C(=O)CS/C1=N\C(=O)Nc1ccc(OCc2ncn(-c3ccc(OC(F)(F)F)cc3)n2)cc1Cl. The van der Waals surface area contributed by atoms with E-state index in [2.05, 4.69) is 32.1 Å². The number of aliphatic imine (C=N–C) groups is 1. The summed E-state index contributed by atoms with van der Waals surface area (Å²) in [4.78, 5) is 35.5. The molecule has 234 valence electrons. The molecule has 1 aromatic heterocycles. The fraction of sp³-hybridized carbons (Fsp3) is 0.233. The maximum absolute atomic E-state index is 12.9. The topological polar surface area (TPSA) is 111 Å². The Labute approximate surface area is 265 Å². The number of nitrogens with one attached hydrogen (secondary N) is 1. The maximum atomic E-state index is 12.9. The van der Waals surface area contributed by atoms with E-state index in [1.807, 2.05) is 25.1 Å². The Morgan fingerprint density at radius 3 is 2.58 bits per heavy atom. The van der Waals surface area contributed by atoms with Crippen LogP contribution in [0, 0.1) is 6.92 Å². The third-order valence-electron chi connectivity index (χ3n) is 6.39. The van der Waals surface area contributed by atoms with Crippen molar-refractivity contribution in [1.82, 2.24) is 14.8 Å². The molecule has 4 aromatic rings. The molecule has 0 saturated carbocycles. The number of ether oxygens (including phenoxy) is 2. The average molecular weight is 659 g/mol. The van der Waals surface area contributed by atoms with Crippen LogP contribution >= 0.6 is 23.4 Å². The van der Waals surface area contributed by atoms with Crippen molar-refractivity contribution < 1.29 is 32.2 Å². The number of hydrogen-bond donors (Lipinski definition) is 1. The van der Waals surface area contributed by atoms with Crippen molar-refractivity contribution in [2.24, 2.45) is 4.99 Å². The molecule has 15 heteroatoms. The van der Waals surface area contributed by atoms with Crippen LogP contribution in [0.25, 0.3) is 5.69 Å². The lowest BCUT2D eigenvalue weighted by Crippen LogP contribution is -2.31. The van der Waals surface area contributed by atoms with Crippen LogP contribution in [0.15, 0.2) is 72.0 Å². The standard InChI is InChI=1S/C30H26ClF3N6O4S/c1-3-4-19-6-5-18(2)13-25(19)40-27(41)16-45-29(40)37-28(42)36-24-12-11-22(14-23(24)31)43-15-26-35-17-39(38-26)20-7-9-21(10-8-20)44-30(32,33)34/h5-14,17H,3-4,15-16H2,1-2H3,(H,36,42)/b37-29-. The number of carbonyl (C=O) groups excluding carboxylic acids is 2. The zero-order valence-electron chi connectivity index (χ0n) is 24.0. The Morgan fingerprint density at radius 2 is 1.87 bits per heavy atom. The van der Waals surface area contributed by atoms with Gasteiger partial charge in [0, 0.05) is 6.07 Å². The van der Waals surface area contributed by atoms with Crippen molar-refractivity contribution in [3.05, 3.63) is 89.0 Å². The number of benzene rings is 3. The number of alkyl halides is 3. The number of urea groups is 1. The molecule has 3 amide bonds. The Kier molecular flexibility index (Phi) is 9.63. The van der Waals surface area contributed by atoms with Gasteiger partial charge in [-0.15, -0.1) is 18.3 Å². The van der Waals surface area contributed by atoms with Gasteiger partial charge in [-0.1, -0.05) is 48.8 Å². The Bertz CT molecular complexity index is 1750. The van der Waals surface area contributed by atoms with Crippen molar-refractivity contribution >= 4 is 51.8 Å². The molecule has 1 fully saturated rings. The smallest absolute Gasteiger partial charge is 0.485 e. The van der Waals surface area contributed by atoms with Gasteiger partial charge in [0.2, 0.25) is 5.91 Å². The van der Waals surface area contributed by atoms with Crippen molar-refractivity contribution in [1.29, 1.82) is 0 Å². The predicted octanol–water partition coefficient (Wildman–Crippen LogP) is 7.33. The highest BCUT2D eigenvalue weighted by atomic mass is 35.5. The number of aromatic nitrogens is 3. The minimum absolute atomic E-state index is 0.0297. The zero-order chi connectivity index (χ0) is 32.1. The Balaban J connectivity index is 1.21. The number of hydrogen-bond acceptors (Lipinski definition) is 7. The molecule has 5 rings (SSSR count). The summed E-state index contributed by atoms with van der Waals surface area (Å²) in [6.07, 6.45) is -1.70. The van der Waals surface area contributed by atoms with E-state index in [-0.39, 0.29) is 34.2 Å². The molecule has 0 radical (unpaired) electrons. The van der Waals surface area contributed by atoms with E-state index < -0.39 is 12.4 Å². The third kappa shape index (κ3) is 8.13. The lowest BCUT2D eigenvalue weighted by atomic mass is 10.0. The van der Waals surface area contributed by atoms with E-state index >= 15 is 0 Å². The fourth-order valence-corrected chi connectivity index (χ4v) is 5.47. The molecular formula is C30H26ClF3N6O4S. The number of amidine groups is 1. The van der Waals surface area contributed by atoms with Crippen LogP contribution in [0.5, 0.6) is 11.5 Å². The summed E-state index contributed by atoms with van der Waals surface area (Å²) in [6, 6.07) is 15.0. The van der Waals surface area contributed by atoms with Crippen molar-refractivity contribution in [2.75, 3.05) is 16.0 Å². The van der Waals surface area contributed by atoms with Crippen LogP contribution in [0.4, 0.5) is 29.3 Å². The molecule has 45 heavy (non-hydrogen) atoms. The van der Waals surface area contributed by atoms with E-state index in [1.54, 1.807) is 12.1 Å². The van der Waals surface area contributed by atoms with Crippen LogP contribution in [0.1, 0.15) is 30.3 Å². The van der Waals surface area contributed by atoms with Crippen LogP contribution < -0.4 is 19.7 Å². The summed E-state index contributed by atoms with van der Waals surface area (Å²) >= 11 is 7.59. The highest BCUT2D eigenvalue weighted by molar-refractivity contribution is 8.15. The number of aryl methyl sites for hydroxylation is 2. The predicted molar refractivity (Wildman–Crippen MR) is 165 cm³/mol. The van der Waals surface area contributed by atoms with E-state index in [0.29, 0.717) is 22.9 Å². The van der Waals surface area contributed by atoms with Gasteiger partial charge in [0.05, 0.1) is 27.8 Å². The quantitative estimate of drug-likeness (QED) is 0.201. The van der Waals surface area contributed by atoms with Crippen molar-refractivity contribution in [3.63, 3.8) is 0 Å². The molecule has 2 heterocycles. The molecule has 1 aliphatic rings. The summed E-state index contributed by atoms with van der Waals surface area (Å²) in [6.45, 7) is 3.97. The third-order valence-corrected chi connectivity index (χ3v) is 7.62. The van der Waals surface area contributed by atoms with Crippen LogP contribution in [0.3, 0.4) is 0 Å². The number of carbonyl (C=O) groups is 2. The molecule has 10 nitrogen and oxygen atoms in total. The molecule has 0 spiro atoms. The largest absolute Gasteiger partial charge is 0.573 e. The van der Waals surface area contributed by atoms with Gasteiger partial charge < -0.3 is 14.8 Å².